The van der Waals surface area contributed by atoms with Gasteiger partial charge in [0.1, 0.15) is 0 Å². The number of ether oxygens (including phenoxy) is 1. The third kappa shape index (κ3) is 2.76. The summed E-state index contributed by atoms with van der Waals surface area (Å²) in [6.45, 7) is 4.11. The fraction of sp³-hybridized carbons (Fsp3) is 0.250. The van der Waals surface area contributed by atoms with Crippen LogP contribution in [-0.2, 0) is 0 Å². The summed E-state index contributed by atoms with van der Waals surface area (Å²) in [6.07, 6.45) is 0. The first kappa shape index (κ1) is 13.6. The first-order chi connectivity index (χ1) is 9.02. The van der Waals surface area contributed by atoms with E-state index in [4.69, 9.17) is 10.5 Å². The Labute approximate surface area is 113 Å². The van der Waals surface area contributed by atoms with Crippen LogP contribution in [0.3, 0.4) is 0 Å². The van der Waals surface area contributed by atoms with Gasteiger partial charge in [-0.1, -0.05) is 24.3 Å². The van der Waals surface area contributed by atoms with Crippen LogP contribution in [0.15, 0.2) is 36.4 Å². The summed E-state index contributed by atoms with van der Waals surface area (Å²) in [5.74, 6) is -0.157. The molecule has 100 valence electrons. The fourth-order valence-corrected chi connectivity index (χ4v) is 2.02. The number of aryl methyl sites for hydroxylation is 2. The minimum Gasteiger partial charge on any atom is -0.494 e. The molecule has 0 aliphatic heterocycles. The van der Waals surface area contributed by atoms with Crippen molar-refractivity contribution >= 4 is 0 Å². The van der Waals surface area contributed by atoms with Gasteiger partial charge >= 0.3 is 0 Å². The second-order valence-corrected chi connectivity index (χ2v) is 4.72. The lowest BCUT2D eigenvalue weighted by Gasteiger charge is -2.15. The average Bonchev–Trinajstić information content (AvgIpc) is 2.41. The fourth-order valence-electron chi connectivity index (χ4n) is 2.02. The SMILES string of the molecule is COc1cc(C(N)c2ccc(C)c(C)c2)ccc1F. The summed E-state index contributed by atoms with van der Waals surface area (Å²) in [5.41, 5.74) is 10.5. The van der Waals surface area contributed by atoms with Crippen molar-refractivity contribution in [3.63, 3.8) is 0 Å². The van der Waals surface area contributed by atoms with Crippen molar-refractivity contribution in [3.8, 4) is 5.75 Å². The van der Waals surface area contributed by atoms with E-state index in [9.17, 15) is 4.39 Å². The molecule has 0 radical (unpaired) electrons. The number of rotatable bonds is 3. The van der Waals surface area contributed by atoms with E-state index in [2.05, 4.69) is 19.9 Å². The van der Waals surface area contributed by atoms with Crippen LogP contribution in [0.2, 0.25) is 0 Å². The summed E-state index contributed by atoms with van der Waals surface area (Å²) in [7, 11) is 1.45. The molecule has 0 spiro atoms. The molecule has 0 aromatic heterocycles. The Morgan fingerprint density at radius 1 is 1.00 bits per heavy atom. The molecule has 0 aliphatic carbocycles. The van der Waals surface area contributed by atoms with Gasteiger partial charge in [-0.05, 0) is 48.2 Å². The normalized spacial score (nSPS) is 12.3. The highest BCUT2D eigenvalue weighted by molar-refractivity contribution is 5.39. The van der Waals surface area contributed by atoms with Crippen LogP contribution in [0.5, 0.6) is 5.75 Å². The van der Waals surface area contributed by atoms with Gasteiger partial charge in [-0.15, -0.1) is 0 Å². The van der Waals surface area contributed by atoms with E-state index in [0.29, 0.717) is 0 Å². The van der Waals surface area contributed by atoms with Gasteiger partial charge in [-0.3, -0.25) is 0 Å². The summed E-state index contributed by atoms with van der Waals surface area (Å²) < 4.78 is 18.4. The van der Waals surface area contributed by atoms with Crippen LogP contribution >= 0.6 is 0 Å². The summed E-state index contributed by atoms with van der Waals surface area (Å²) in [4.78, 5) is 0. The molecule has 0 bridgehead atoms. The molecule has 2 aromatic rings. The van der Waals surface area contributed by atoms with Gasteiger partial charge in [0.15, 0.2) is 11.6 Å². The lowest BCUT2D eigenvalue weighted by molar-refractivity contribution is 0.385. The Balaban J connectivity index is 2.37. The van der Waals surface area contributed by atoms with E-state index in [0.717, 1.165) is 11.1 Å². The van der Waals surface area contributed by atoms with Crippen LogP contribution in [-0.4, -0.2) is 7.11 Å². The van der Waals surface area contributed by atoms with Gasteiger partial charge in [0, 0.05) is 0 Å². The van der Waals surface area contributed by atoms with E-state index in [1.807, 2.05) is 12.1 Å². The van der Waals surface area contributed by atoms with Gasteiger partial charge in [0.25, 0.3) is 0 Å². The first-order valence-corrected chi connectivity index (χ1v) is 6.19. The number of halogens is 1. The molecule has 3 heteroatoms. The molecular weight excluding hydrogens is 241 g/mol. The van der Waals surface area contributed by atoms with Crippen molar-refractivity contribution in [2.75, 3.05) is 7.11 Å². The van der Waals surface area contributed by atoms with Crippen molar-refractivity contribution in [2.24, 2.45) is 5.73 Å². The zero-order valence-electron chi connectivity index (χ0n) is 11.4. The largest absolute Gasteiger partial charge is 0.494 e. The van der Waals surface area contributed by atoms with Gasteiger partial charge < -0.3 is 10.5 Å². The Morgan fingerprint density at radius 2 is 1.63 bits per heavy atom. The van der Waals surface area contributed by atoms with E-state index < -0.39 is 0 Å². The highest BCUT2D eigenvalue weighted by Gasteiger charge is 2.12. The van der Waals surface area contributed by atoms with Crippen molar-refractivity contribution < 1.29 is 9.13 Å². The van der Waals surface area contributed by atoms with Gasteiger partial charge in [-0.2, -0.15) is 0 Å². The minimum absolute atomic E-state index is 0.219. The summed E-state index contributed by atoms with van der Waals surface area (Å²) in [6, 6.07) is 10.6. The van der Waals surface area contributed by atoms with Crippen molar-refractivity contribution in [1.29, 1.82) is 0 Å². The third-order valence-corrected chi connectivity index (χ3v) is 3.42. The molecule has 2 aromatic carbocycles. The first-order valence-electron chi connectivity index (χ1n) is 6.19. The van der Waals surface area contributed by atoms with Crippen molar-refractivity contribution in [1.82, 2.24) is 0 Å². The number of hydrogen-bond acceptors (Lipinski definition) is 2. The minimum atomic E-state index is -0.376. The standard InChI is InChI=1S/C16H18FNO/c1-10-4-5-12(8-11(10)2)16(18)13-6-7-14(17)15(9-13)19-3/h4-9,16H,18H2,1-3H3. The molecule has 0 saturated carbocycles. The molecule has 0 heterocycles. The molecule has 0 saturated heterocycles. The average molecular weight is 259 g/mol. The highest BCUT2D eigenvalue weighted by Crippen LogP contribution is 2.26. The molecule has 2 N–H and O–H groups in total. The lowest BCUT2D eigenvalue weighted by Crippen LogP contribution is -2.12. The molecule has 2 nitrogen and oxygen atoms in total. The molecule has 0 amide bonds. The van der Waals surface area contributed by atoms with E-state index in [1.54, 1.807) is 12.1 Å². The quantitative estimate of drug-likeness (QED) is 0.915. The van der Waals surface area contributed by atoms with Crippen LogP contribution in [0.4, 0.5) is 4.39 Å². The predicted octanol–water partition coefficient (Wildman–Crippen LogP) is 3.50. The Hall–Kier alpha value is -1.87. The smallest absolute Gasteiger partial charge is 0.165 e. The maximum atomic E-state index is 13.4. The molecule has 1 unspecified atom stereocenters. The third-order valence-electron chi connectivity index (χ3n) is 3.42. The van der Waals surface area contributed by atoms with E-state index in [1.165, 1.54) is 24.3 Å². The molecule has 0 fully saturated rings. The molecule has 1 atom stereocenters. The lowest BCUT2D eigenvalue weighted by atomic mass is 9.96. The predicted molar refractivity (Wildman–Crippen MR) is 74.9 cm³/mol. The van der Waals surface area contributed by atoms with Crippen molar-refractivity contribution in [3.05, 3.63) is 64.5 Å². The Kier molecular flexibility index (Phi) is 3.86. The van der Waals surface area contributed by atoms with Crippen LogP contribution in [0.1, 0.15) is 28.3 Å². The Bertz CT molecular complexity index is 595. The van der Waals surface area contributed by atoms with Crippen LogP contribution in [0.25, 0.3) is 0 Å². The second kappa shape index (κ2) is 5.41. The molecule has 19 heavy (non-hydrogen) atoms. The van der Waals surface area contributed by atoms with Gasteiger partial charge in [0.2, 0.25) is 0 Å². The maximum absolute atomic E-state index is 13.4. The number of benzene rings is 2. The molecule has 0 aliphatic rings. The number of nitrogens with two attached hydrogens (primary N) is 1. The van der Waals surface area contributed by atoms with Crippen molar-refractivity contribution in [2.45, 2.75) is 19.9 Å². The van der Waals surface area contributed by atoms with Crippen LogP contribution in [0, 0.1) is 19.7 Å². The summed E-state index contributed by atoms with van der Waals surface area (Å²) in [5, 5.41) is 0. The second-order valence-electron chi connectivity index (χ2n) is 4.72. The summed E-state index contributed by atoms with van der Waals surface area (Å²) >= 11 is 0. The highest BCUT2D eigenvalue weighted by atomic mass is 19.1. The van der Waals surface area contributed by atoms with Gasteiger partial charge in [0.05, 0.1) is 13.2 Å². The van der Waals surface area contributed by atoms with E-state index >= 15 is 0 Å². The molecular formula is C16H18FNO. The Morgan fingerprint density at radius 3 is 2.26 bits per heavy atom. The monoisotopic (exact) mass is 259 g/mol. The zero-order valence-corrected chi connectivity index (χ0v) is 11.4. The number of hydrogen-bond donors (Lipinski definition) is 1. The zero-order chi connectivity index (χ0) is 14.0. The van der Waals surface area contributed by atoms with Gasteiger partial charge in [-0.25, -0.2) is 4.39 Å². The topological polar surface area (TPSA) is 35.2 Å². The number of methoxy groups -OCH3 is 1. The van der Waals surface area contributed by atoms with Crippen LogP contribution < -0.4 is 10.5 Å². The maximum Gasteiger partial charge on any atom is 0.165 e. The molecule has 2 rings (SSSR count). The van der Waals surface area contributed by atoms with E-state index in [-0.39, 0.29) is 17.6 Å².